The zero-order valence-electron chi connectivity index (χ0n) is 15.8. The van der Waals surface area contributed by atoms with E-state index in [9.17, 15) is 0 Å². The van der Waals surface area contributed by atoms with Gasteiger partial charge in [-0.05, 0) is 6.07 Å². The van der Waals surface area contributed by atoms with Crippen LogP contribution in [-0.4, -0.2) is 36.8 Å². The third-order valence-corrected chi connectivity index (χ3v) is 4.72. The average Bonchev–Trinajstić information content (AvgIpc) is 2.61. The molecule has 6 heteroatoms. The van der Waals surface area contributed by atoms with Crippen molar-refractivity contribution in [3.05, 3.63) is 52.4 Å². The number of morpholine rings is 1. The molecule has 1 aliphatic heterocycles. The summed E-state index contributed by atoms with van der Waals surface area (Å²) in [4.78, 5) is 11.7. The largest absolute Gasteiger partial charge is 0.378 e. The predicted molar refractivity (Wildman–Crippen MR) is 104 cm³/mol. The van der Waals surface area contributed by atoms with E-state index >= 15 is 0 Å². The van der Waals surface area contributed by atoms with Crippen molar-refractivity contribution in [1.82, 2.24) is 9.97 Å². The van der Waals surface area contributed by atoms with Gasteiger partial charge in [0.25, 0.3) is 0 Å². The number of hydrogen-bond acceptors (Lipinski definition) is 5. The minimum Gasteiger partial charge on any atom is -0.378 e. The summed E-state index contributed by atoms with van der Waals surface area (Å²) in [6.45, 7) is 8.95. The van der Waals surface area contributed by atoms with Crippen LogP contribution in [-0.2, 0) is 21.5 Å². The Labute approximate surface area is 160 Å². The maximum Gasteiger partial charge on any atom is 0.136 e. The lowest BCUT2D eigenvalue weighted by Crippen LogP contribution is -2.39. The van der Waals surface area contributed by atoms with E-state index in [1.807, 2.05) is 30.3 Å². The predicted octanol–water partition coefficient (Wildman–Crippen LogP) is 4.15. The van der Waals surface area contributed by atoms with Crippen LogP contribution >= 0.6 is 11.6 Å². The first-order valence-corrected chi connectivity index (χ1v) is 9.24. The number of nitrogens with zero attached hydrogens (tertiary/aromatic N) is 3. The number of anilines is 1. The van der Waals surface area contributed by atoms with Crippen molar-refractivity contribution >= 4 is 17.4 Å². The van der Waals surface area contributed by atoms with E-state index in [4.69, 9.17) is 26.1 Å². The standard InChI is InChI=1S/C20H26ClN3O2/c1-20(2,3)19-22-14(13-25-4)11-18(23-19)24-9-10-26-17(12-24)15-7-5-6-8-16(15)21/h5-8,11,17H,9-10,12-13H2,1-4H3. The van der Waals surface area contributed by atoms with Crippen LogP contribution in [0.25, 0.3) is 0 Å². The highest BCUT2D eigenvalue weighted by atomic mass is 35.5. The summed E-state index contributed by atoms with van der Waals surface area (Å²) in [5, 5.41) is 0.734. The van der Waals surface area contributed by atoms with Crippen molar-refractivity contribution in [1.29, 1.82) is 0 Å². The fourth-order valence-electron chi connectivity index (χ4n) is 2.98. The van der Waals surface area contributed by atoms with Gasteiger partial charge >= 0.3 is 0 Å². The number of rotatable bonds is 4. The molecule has 1 unspecified atom stereocenters. The van der Waals surface area contributed by atoms with Crippen LogP contribution in [0, 0.1) is 0 Å². The molecule has 140 valence electrons. The molecule has 0 aliphatic carbocycles. The van der Waals surface area contributed by atoms with Crippen molar-refractivity contribution in [2.24, 2.45) is 0 Å². The van der Waals surface area contributed by atoms with Crippen molar-refractivity contribution in [3.63, 3.8) is 0 Å². The summed E-state index contributed by atoms with van der Waals surface area (Å²) in [6, 6.07) is 9.85. The average molecular weight is 376 g/mol. The molecule has 0 radical (unpaired) electrons. The van der Waals surface area contributed by atoms with Crippen LogP contribution in [0.3, 0.4) is 0 Å². The lowest BCUT2D eigenvalue weighted by atomic mass is 9.95. The van der Waals surface area contributed by atoms with Crippen molar-refractivity contribution in [2.45, 2.75) is 38.9 Å². The molecule has 0 amide bonds. The van der Waals surface area contributed by atoms with Crippen LogP contribution in [0.1, 0.15) is 44.0 Å². The molecule has 2 heterocycles. The highest BCUT2D eigenvalue weighted by Gasteiger charge is 2.26. The molecule has 26 heavy (non-hydrogen) atoms. The van der Waals surface area contributed by atoms with E-state index in [0.717, 1.165) is 34.5 Å². The quantitative estimate of drug-likeness (QED) is 0.803. The third kappa shape index (κ3) is 4.34. The molecule has 1 aliphatic rings. The molecule has 1 aromatic heterocycles. The van der Waals surface area contributed by atoms with Gasteiger partial charge in [0, 0.05) is 42.3 Å². The molecule has 1 aromatic carbocycles. The van der Waals surface area contributed by atoms with Gasteiger partial charge in [0.1, 0.15) is 17.7 Å². The number of hydrogen-bond donors (Lipinski definition) is 0. The Bertz CT molecular complexity index is 761. The van der Waals surface area contributed by atoms with E-state index in [0.29, 0.717) is 19.8 Å². The second-order valence-corrected chi connectivity index (χ2v) is 7.96. The summed E-state index contributed by atoms with van der Waals surface area (Å²) in [5.41, 5.74) is 1.77. The summed E-state index contributed by atoms with van der Waals surface area (Å²) < 4.78 is 11.3. The summed E-state index contributed by atoms with van der Waals surface area (Å²) in [7, 11) is 1.68. The highest BCUT2D eigenvalue weighted by molar-refractivity contribution is 6.31. The second-order valence-electron chi connectivity index (χ2n) is 7.55. The first kappa shape index (κ1) is 19.1. The zero-order chi connectivity index (χ0) is 18.7. The van der Waals surface area contributed by atoms with Crippen molar-refractivity contribution < 1.29 is 9.47 Å². The molecule has 5 nitrogen and oxygen atoms in total. The van der Waals surface area contributed by atoms with Crippen molar-refractivity contribution in [2.75, 3.05) is 31.7 Å². The SMILES string of the molecule is COCc1cc(N2CCOC(c3ccccc3Cl)C2)nc(C(C)(C)C)n1. The molecule has 0 spiro atoms. The lowest BCUT2D eigenvalue weighted by molar-refractivity contribution is 0.0395. The maximum atomic E-state index is 6.36. The van der Waals surface area contributed by atoms with Gasteiger partial charge < -0.3 is 14.4 Å². The minimum atomic E-state index is -0.132. The molecule has 1 fully saturated rings. The summed E-state index contributed by atoms with van der Waals surface area (Å²) in [5.74, 6) is 1.74. The van der Waals surface area contributed by atoms with E-state index in [1.165, 1.54) is 0 Å². The third-order valence-electron chi connectivity index (χ3n) is 4.37. The van der Waals surface area contributed by atoms with E-state index < -0.39 is 0 Å². The van der Waals surface area contributed by atoms with E-state index in [1.54, 1.807) is 7.11 Å². The Morgan fingerprint density at radius 2 is 2.04 bits per heavy atom. The highest BCUT2D eigenvalue weighted by Crippen LogP contribution is 2.31. The van der Waals surface area contributed by atoms with Gasteiger partial charge in [-0.15, -0.1) is 0 Å². The molecule has 0 N–H and O–H groups in total. The number of methoxy groups -OCH3 is 1. The molecular formula is C20H26ClN3O2. The zero-order valence-corrected chi connectivity index (χ0v) is 16.6. The smallest absolute Gasteiger partial charge is 0.136 e. The Morgan fingerprint density at radius 1 is 1.27 bits per heavy atom. The van der Waals surface area contributed by atoms with Gasteiger partial charge in [-0.2, -0.15) is 0 Å². The number of ether oxygens (including phenoxy) is 2. The van der Waals surface area contributed by atoms with Crippen LogP contribution in [0.5, 0.6) is 0 Å². The fourth-order valence-corrected chi connectivity index (χ4v) is 3.24. The molecule has 1 saturated heterocycles. The number of benzene rings is 1. The first-order valence-electron chi connectivity index (χ1n) is 8.87. The van der Waals surface area contributed by atoms with Crippen LogP contribution < -0.4 is 4.90 Å². The van der Waals surface area contributed by atoms with Crippen molar-refractivity contribution in [3.8, 4) is 0 Å². The maximum absolute atomic E-state index is 6.36. The van der Waals surface area contributed by atoms with Crippen LogP contribution in [0.2, 0.25) is 5.02 Å². The van der Waals surface area contributed by atoms with E-state index in [2.05, 4.69) is 30.7 Å². The van der Waals surface area contributed by atoms with Gasteiger partial charge in [0.05, 0.1) is 18.9 Å². The minimum absolute atomic E-state index is 0.0728. The lowest BCUT2D eigenvalue weighted by Gasteiger charge is -2.35. The van der Waals surface area contributed by atoms with Gasteiger partial charge in [-0.25, -0.2) is 9.97 Å². The molecule has 0 bridgehead atoms. The monoisotopic (exact) mass is 375 g/mol. The van der Waals surface area contributed by atoms with Gasteiger partial charge in [-0.3, -0.25) is 0 Å². The van der Waals surface area contributed by atoms with Gasteiger partial charge in [0.15, 0.2) is 0 Å². The Morgan fingerprint density at radius 3 is 2.73 bits per heavy atom. The summed E-state index contributed by atoms with van der Waals surface area (Å²) in [6.07, 6.45) is -0.0728. The summed E-state index contributed by atoms with van der Waals surface area (Å²) >= 11 is 6.36. The van der Waals surface area contributed by atoms with E-state index in [-0.39, 0.29) is 11.5 Å². The number of aromatic nitrogens is 2. The molecule has 0 saturated carbocycles. The normalized spacial score (nSPS) is 18.2. The first-order chi connectivity index (χ1) is 12.4. The Kier molecular flexibility index (Phi) is 5.80. The molecular weight excluding hydrogens is 350 g/mol. The van der Waals surface area contributed by atoms with Gasteiger partial charge in [0.2, 0.25) is 0 Å². The molecule has 1 atom stereocenters. The molecule has 3 rings (SSSR count). The Hall–Kier alpha value is -1.69. The van der Waals surface area contributed by atoms with Crippen LogP contribution in [0.15, 0.2) is 30.3 Å². The van der Waals surface area contributed by atoms with Gasteiger partial charge in [-0.1, -0.05) is 50.6 Å². The van der Waals surface area contributed by atoms with Crippen LogP contribution in [0.4, 0.5) is 5.82 Å². The molecule has 2 aromatic rings. The Balaban J connectivity index is 1.90. The fraction of sp³-hybridized carbons (Fsp3) is 0.500. The second kappa shape index (κ2) is 7.91. The number of halogens is 1. The topological polar surface area (TPSA) is 47.5 Å².